The lowest BCUT2D eigenvalue weighted by atomic mass is 10.2. The molecule has 20 heavy (non-hydrogen) atoms. The number of nitrogens with one attached hydrogen (secondary N) is 1. The van der Waals surface area contributed by atoms with Crippen LogP contribution in [0.3, 0.4) is 0 Å². The maximum Gasteiger partial charge on any atom is 0.119 e. The van der Waals surface area contributed by atoms with Crippen LogP contribution in [0, 0.1) is 5.92 Å². The summed E-state index contributed by atoms with van der Waals surface area (Å²) in [4.78, 5) is 0. The molecule has 2 aromatic rings. The number of rotatable bonds is 7. The number of ether oxygens (including phenoxy) is 1. The molecule has 5 nitrogen and oxygen atoms in total. The van der Waals surface area contributed by atoms with Crippen LogP contribution in [0.1, 0.15) is 25.1 Å². The first-order valence-corrected chi connectivity index (χ1v) is 6.90. The maximum absolute atomic E-state index is 5.22. The minimum absolute atomic E-state index is 0.641. The van der Waals surface area contributed by atoms with Crippen LogP contribution in [0.4, 0.5) is 0 Å². The Balaban J connectivity index is 1.91. The average molecular weight is 274 g/mol. The predicted molar refractivity (Wildman–Crippen MR) is 78.7 cm³/mol. The molecule has 0 spiro atoms. The van der Waals surface area contributed by atoms with Gasteiger partial charge in [0.15, 0.2) is 0 Å². The Bertz CT molecular complexity index is 536. The van der Waals surface area contributed by atoms with E-state index >= 15 is 0 Å². The highest BCUT2D eigenvalue weighted by molar-refractivity contribution is 5.28. The number of hydrogen-bond donors (Lipinski definition) is 1. The van der Waals surface area contributed by atoms with Crippen LogP contribution in [0.25, 0.3) is 0 Å². The lowest BCUT2D eigenvalue weighted by Crippen LogP contribution is -2.19. The van der Waals surface area contributed by atoms with Crippen molar-refractivity contribution >= 4 is 0 Å². The second-order valence-corrected chi connectivity index (χ2v) is 5.28. The van der Waals surface area contributed by atoms with E-state index in [9.17, 15) is 0 Å². The minimum atomic E-state index is 0.641. The standard InChI is InChI=1S/C15H22N4O/c1-12(2)8-16-9-14-11-19(18-17-14)10-13-5-4-6-15(7-13)20-3/h4-7,11-12,16H,8-10H2,1-3H3. The molecule has 0 fully saturated rings. The Kier molecular flexibility index (Phi) is 5.12. The first-order valence-electron chi connectivity index (χ1n) is 6.90. The number of hydrogen-bond acceptors (Lipinski definition) is 4. The lowest BCUT2D eigenvalue weighted by Gasteiger charge is -2.05. The molecule has 0 atom stereocenters. The van der Waals surface area contributed by atoms with Gasteiger partial charge in [0.1, 0.15) is 5.75 Å². The van der Waals surface area contributed by atoms with E-state index in [-0.39, 0.29) is 0 Å². The molecule has 0 radical (unpaired) electrons. The van der Waals surface area contributed by atoms with Gasteiger partial charge in [0.05, 0.1) is 25.5 Å². The summed E-state index contributed by atoms with van der Waals surface area (Å²) < 4.78 is 7.07. The molecule has 5 heteroatoms. The number of benzene rings is 1. The topological polar surface area (TPSA) is 52.0 Å². The molecule has 0 bridgehead atoms. The second-order valence-electron chi connectivity index (χ2n) is 5.28. The van der Waals surface area contributed by atoms with Gasteiger partial charge < -0.3 is 10.1 Å². The molecule has 0 saturated heterocycles. The van der Waals surface area contributed by atoms with Crippen LogP contribution in [-0.2, 0) is 13.1 Å². The normalized spacial score (nSPS) is 11.0. The van der Waals surface area contributed by atoms with E-state index in [0.717, 1.165) is 30.1 Å². The van der Waals surface area contributed by atoms with Crippen molar-refractivity contribution in [2.24, 2.45) is 5.92 Å². The van der Waals surface area contributed by atoms with Crippen LogP contribution >= 0.6 is 0 Å². The third-order valence-corrected chi connectivity index (χ3v) is 2.92. The summed E-state index contributed by atoms with van der Waals surface area (Å²) >= 11 is 0. The minimum Gasteiger partial charge on any atom is -0.497 e. The Morgan fingerprint density at radius 3 is 2.95 bits per heavy atom. The summed E-state index contributed by atoms with van der Waals surface area (Å²) in [6.07, 6.45) is 1.98. The van der Waals surface area contributed by atoms with E-state index in [1.807, 2.05) is 29.1 Å². The molecule has 1 aromatic heterocycles. The van der Waals surface area contributed by atoms with Crippen LogP contribution in [-0.4, -0.2) is 28.6 Å². The van der Waals surface area contributed by atoms with Crippen molar-refractivity contribution in [3.05, 3.63) is 41.7 Å². The zero-order valence-electron chi connectivity index (χ0n) is 12.3. The fourth-order valence-corrected chi connectivity index (χ4v) is 1.94. The Morgan fingerprint density at radius 1 is 1.35 bits per heavy atom. The van der Waals surface area contributed by atoms with Crippen molar-refractivity contribution < 1.29 is 4.74 Å². The van der Waals surface area contributed by atoms with Gasteiger partial charge in [-0.3, -0.25) is 0 Å². The number of methoxy groups -OCH3 is 1. The molecule has 2 rings (SSSR count). The SMILES string of the molecule is COc1cccc(Cn2cc(CNCC(C)C)nn2)c1. The summed E-state index contributed by atoms with van der Waals surface area (Å²) in [6.45, 7) is 6.83. The van der Waals surface area contributed by atoms with Gasteiger partial charge in [-0.1, -0.05) is 31.2 Å². The molecular formula is C15H22N4O. The largest absolute Gasteiger partial charge is 0.497 e. The molecule has 1 heterocycles. The first kappa shape index (κ1) is 14.5. The smallest absolute Gasteiger partial charge is 0.119 e. The second kappa shape index (κ2) is 7.05. The third-order valence-electron chi connectivity index (χ3n) is 2.92. The molecule has 1 aromatic carbocycles. The zero-order chi connectivity index (χ0) is 14.4. The summed E-state index contributed by atoms with van der Waals surface area (Å²) in [5.74, 6) is 1.50. The van der Waals surface area contributed by atoms with Crippen molar-refractivity contribution in [2.75, 3.05) is 13.7 Å². The van der Waals surface area contributed by atoms with Crippen LogP contribution in [0.2, 0.25) is 0 Å². The quantitative estimate of drug-likeness (QED) is 0.840. The van der Waals surface area contributed by atoms with Gasteiger partial charge in [-0.15, -0.1) is 5.10 Å². The molecule has 0 aliphatic carbocycles. The molecule has 0 aliphatic heterocycles. The maximum atomic E-state index is 5.22. The van der Waals surface area contributed by atoms with E-state index in [1.54, 1.807) is 7.11 Å². The highest BCUT2D eigenvalue weighted by Gasteiger charge is 2.03. The van der Waals surface area contributed by atoms with Crippen molar-refractivity contribution in [1.29, 1.82) is 0 Å². The monoisotopic (exact) mass is 274 g/mol. The van der Waals surface area contributed by atoms with Crippen molar-refractivity contribution in [3.63, 3.8) is 0 Å². The average Bonchev–Trinajstić information content (AvgIpc) is 2.86. The van der Waals surface area contributed by atoms with E-state index in [0.29, 0.717) is 12.5 Å². The highest BCUT2D eigenvalue weighted by atomic mass is 16.5. The fourth-order valence-electron chi connectivity index (χ4n) is 1.94. The number of aromatic nitrogens is 3. The van der Waals surface area contributed by atoms with Crippen LogP contribution in [0.5, 0.6) is 5.75 Å². The summed E-state index contributed by atoms with van der Waals surface area (Å²) in [5, 5.41) is 11.7. The fraction of sp³-hybridized carbons (Fsp3) is 0.467. The van der Waals surface area contributed by atoms with E-state index in [4.69, 9.17) is 4.74 Å². The van der Waals surface area contributed by atoms with E-state index in [2.05, 4.69) is 35.5 Å². The molecule has 0 amide bonds. The van der Waals surface area contributed by atoms with Crippen LogP contribution < -0.4 is 10.1 Å². The molecule has 0 saturated carbocycles. The predicted octanol–water partition coefficient (Wildman–Crippen LogP) is 2.08. The third kappa shape index (κ3) is 4.35. The summed E-state index contributed by atoms with van der Waals surface area (Å²) in [7, 11) is 1.67. The Morgan fingerprint density at radius 2 is 2.20 bits per heavy atom. The molecule has 108 valence electrons. The number of nitrogens with zero attached hydrogens (tertiary/aromatic N) is 3. The first-order chi connectivity index (χ1) is 9.67. The van der Waals surface area contributed by atoms with Gasteiger partial charge in [0, 0.05) is 6.54 Å². The summed E-state index contributed by atoms with van der Waals surface area (Å²) in [5.41, 5.74) is 2.12. The molecule has 0 unspecified atom stereocenters. The van der Waals surface area contributed by atoms with Gasteiger partial charge in [0.25, 0.3) is 0 Å². The van der Waals surface area contributed by atoms with Crippen molar-refractivity contribution in [1.82, 2.24) is 20.3 Å². The molecule has 1 N–H and O–H groups in total. The Labute approximate surface area is 120 Å². The van der Waals surface area contributed by atoms with Gasteiger partial charge in [-0.25, -0.2) is 4.68 Å². The van der Waals surface area contributed by atoms with Crippen molar-refractivity contribution in [3.8, 4) is 5.75 Å². The van der Waals surface area contributed by atoms with E-state index < -0.39 is 0 Å². The molecular weight excluding hydrogens is 252 g/mol. The zero-order valence-corrected chi connectivity index (χ0v) is 12.3. The van der Waals surface area contributed by atoms with Gasteiger partial charge in [0.2, 0.25) is 0 Å². The highest BCUT2D eigenvalue weighted by Crippen LogP contribution is 2.13. The summed E-state index contributed by atoms with van der Waals surface area (Å²) in [6, 6.07) is 7.99. The van der Waals surface area contributed by atoms with Gasteiger partial charge >= 0.3 is 0 Å². The van der Waals surface area contributed by atoms with Gasteiger partial charge in [-0.05, 0) is 30.2 Å². The van der Waals surface area contributed by atoms with Crippen molar-refractivity contribution in [2.45, 2.75) is 26.9 Å². The lowest BCUT2D eigenvalue weighted by molar-refractivity contribution is 0.414. The Hall–Kier alpha value is -1.88. The van der Waals surface area contributed by atoms with E-state index in [1.165, 1.54) is 0 Å². The molecule has 0 aliphatic rings. The van der Waals surface area contributed by atoms with Gasteiger partial charge in [-0.2, -0.15) is 0 Å². The van der Waals surface area contributed by atoms with Crippen LogP contribution in [0.15, 0.2) is 30.5 Å².